The molecule has 3 N–H and O–H groups in total. The molecule has 3 aromatic rings. The van der Waals surface area contributed by atoms with Gasteiger partial charge < -0.3 is 34.9 Å². The van der Waals surface area contributed by atoms with E-state index in [1.807, 2.05) is 37.3 Å². The van der Waals surface area contributed by atoms with Crippen molar-refractivity contribution in [3.8, 4) is 11.4 Å². The second-order valence-corrected chi connectivity index (χ2v) is 13.5. The molecule has 0 bridgehead atoms. The monoisotopic (exact) mass is 642 g/mol. The molecule has 1 aliphatic carbocycles. The first-order valence-corrected chi connectivity index (χ1v) is 17.3. The van der Waals surface area contributed by atoms with Crippen LogP contribution < -0.4 is 20.4 Å². The number of carbonyl (C=O) groups excluding carboxylic acids is 2. The summed E-state index contributed by atoms with van der Waals surface area (Å²) >= 11 is 0. The van der Waals surface area contributed by atoms with E-state index in [2.05, 4.69) is 42.3 Å². The molecule has 2 unspecified atom stereocenters. The molecule has 4 aliphatic rings. The number of aromatic nitrogens is 4. The summed E-state index contributed by atoms with van der Waals surface area (Å²) in [6.07, 6.45) is 10.8. The molecule has 0 radical (unpaired) electrons. The minimum Gasteiger partial charge on any atom is -0.369 e. The molecule has 7 rings (SSSR count). The highest BCUT2D eigenvalue weighted by molar-refractivity contribution is 6.04. The first-order valence-electron chi connectivity index (χ1n) is 17.3. The minimum atomic E-state index is -0.463. The highest BCUT2D eigenvalue weighted by Crippen LogP contribution is 2.36. The summed E-state index contributed by atoms with van der Waals surface area (Å²) in [5.74, 6) is 0.881. The van der Waals surface area contributed by atoms with Crippen LogP contribution in [-0.4, -0.2) is 82.5 Å². The van der Waals surface area contributed by atoms with Crippen LogP contribution in [0.3, 0.4) is 0 Å². The summed E-state index contributed by atoms with van der Waals surface area (Å²) in [6.45, 7) is 7.49. The number of hydrogen-bond acceptors (Lipinski definition) is 9. The third kappa shape index (κ3) is 6.99. The van der Waals surface area contributed by atoms with Crippen LogP contribution in [0.4, 0.5) is 17.2 Å². The Hall–Kier alpha value is -4.03. The van der Waals surface area contributed by atoms with Gasteiger partial charge in [-0.15, -0.1) is 0 Å². The van der Waals surface area contributed by atoms with Gasteiger partial charge in [-0.05, 0) is 51.7 Å². The lowest BCUT2D eigenvalue weighted by molar-refractivity contribution is -0.169. The molecular weight excluding hydrogens is 596 g/mol. The molecule has 1 saturated carbocycles. The number of aromatic amines is 1. The summed E-state index contributed by atoms with van der Waals surface area (Å²) in [4.78, 5) is 48.2. The third-order valence-corrected chi connectivity index (χ3v) is 10.2. The van der Waals surface area contributed by atoms with E-state index in [1.165, 1.54) is 19.3 Å². The lowest BCUT2D eigenvalue weighted by Gasteiger charge is -2.39. The number of hydrogen-bond donors (Lipinski definition) is 3. The number of para-hydroxylation sites is 2. The number of H-pyrrole nitrogens is 1. The normalized spacial score (nSPS) is 23.2. The Morgan fingerprint density at radius 3 is 2.55 bits per heavy atom. The minimum absolute atomic E-state index is 0.0763. The van der Waals surface area contributed by atoms with Gasteiger partial charge in [0.05, 0.1) is 48.1 Å². The van der Waals surface area contributed by atoms with E-state index in [-0.39, 0.29) is 29.6 Å². The number of rotatable bonds is 7. The average Bonchev–Trinajstić information content (AvgIpc) is 3.77. The molecule has 3 saturated heterocycles. The van der Waals surface area contributed by atoms with Gasteiger partial charge in [-0.1, -0.05) is 31.4 Å². The van der Waals surface area contributed by atoms with Crippen molar-refractivity contribution in [3.63, 3.8) is 0 Å². The summed E-state index contributed by atoms with van der Waals surface area (Å²) in [5.41, 5.74) is 2.96. The number of ether oxygens (including phenoxy) is 2. The maximum atomic E-state index is 13.4. The molecular formula is C35H46N8O4. The summed E-state index contributed by atoms with van der Waals surface area (Å²) in [7, 11) is 0. The van der Waals surface area contributed by atoms with Crippen LogP contribution in [0.25, 0.3) is 11.4 Å². The second-order valence-electron chi connectivity index (χ2n) is 13.5. The Morgan fingerprint density at radius 2 is 1.77 bits per heavy atom. The molecule has 3 aliphatic heterocycles. The van der Waals surface area contributed by atoms with E-state index in [0.29, 0.717) is 43.0 Å². The molecule has 47 heavy (non-hydrogen) atoms. The van der Waals surface area contributed by atoms with Crippen molar-refractivity contribution in [3.05, 3.63) is 48.2 Å². The van der Waals surface area contributed by atoms with Gasteiger partial charge in [-0.3, -0.25) is 9.59 Å². The lowest BCUT2D eigenvalue weighted by Crippen LogP contribution is -2.49. The fraction of sp³-hybridized carbons (Fsp3) is 0.571. The highest BCUT2D eigenvalue weighted by Gasteiger charge is 2.40. The van der Waals surface area contributed by atoms with Gasteiger partial charge in [-0.2, -0.15) is 0 Å². The number of imidazole rings is 1. The average molecular weight is 643 g/mol. The number of carbonyl (C=O) groups is 2. The van der Waals surface area contributed by atoms with E-state index in [9.17, 15) is 9.59 Å². The Bertz CT molecular complexity index is 1570. The zero-order chi connectivity index (χ0) is 32.4. The quantitative estimate of drug-likeness (QED) is 0.331. The van der Waals surface area contributed by atoms with Crippen LogP contribution in [0.15, 0.2) is 36.5 Å². The molecule has 1 aromatic carbocycles. The summed E-state index contributed by atoms with van der Waals surface area (Å²) < 4.78 is 11.8. The zero-order valence-corrected chi connectivity index (χ0v) is 27.5. The number of piperidine rings is 2. The van der Waals surface area contributed by atoms with Crippen LogP contribution >= 0.6 is 0 Å². The van der Waals surface area contributed by atoms with Gasteiger partial charge in [0.25, 0.3) is 5.91 Å². The first-order chi connectivity index (χ1) is 22.9. The molecule has 4 fully saturated rings. The van der Waals surface area contributed by atoms with Gasteiger partial charge in [0, 0.05) is 50.6 Å². The van der Waals surface area contributed by atoms with E-state index >= 15 is 0 Å². The molecule has 2 aromatic heterocycles. The second kappa shape index (κ2) is 13.6. The fourth-order valence-corrected chi connectivity index (χ4v) is 7.52. The molecule has 2 atom stereocenters. The maximum Gasteiger partial charge on any atom is 0.291 e. The van der Waals surface area contributed by atoms with Crippen molar-refractivity contribution in [2.45, 2.75) is 89.5 Å². The Morgan fingerprint density at radius 1 is 1.00 bits per heavy atom. The predicted octanol–water partition coefficient (Wildman–Crippen LogP) is 4.82. The smallest absolute Gasteiger partial charge is 0.291 e. The van der Waals surface area contributed by atoms with Crippen molar-refractivity contribution in [1.82, 2.24) is 25.3 Å². The van der Waals surface area contributed by atoms with Crippen LogP contribution in [0.5, 0.6) is 0 Å². The fourth-order valence-electron chi connectivity index (χ4n) is 7.52. The third-order valence-electron chi connectivity index (χ3n) is 10.2. The summed E-state index contributed by atoms with van der Waals surface area (Å²) in [5, 5.41) is 6.38. The zero-order valence-electron chi connectivity index (χ0n) is 27.5. The highest BCUT2D eigenvalue weighted by atomic mass is 16.7. The standard InChI is InChI=1S/C35H46N8O4/c1-23-12-13-25(33(44)39-26-8-4-3-5-9-26)22-43(23)31-20-28(37-24(2)38-31)29-21-36-32(40-29)34(45)41-27-10-6-7-11-30(27)42-16-14-35(15-17-42)46-18-19-47-35/h6-7,10-11,20-21,23,25-26H,3-5,8-9,12-19,22H2,1-2H3,(H,36,40)(H,39,44)(H,41,45). The molecule has 2 amide bonds. The Labute approximate surface area is 276 Å². The number of nitrogens with zero attached hydrogens (tertiary/aromatic N) is 5. The van der Waals surface area contributed by atoms with Crippen molar-refractivity contribution in [2.24, 2.45) is 5.92 Å². The van der Waals surface area contributed by atoms with Gasteiger partial charge in [0.15, 0.2) is 11.6 Å². The molecule has 1 spiro atoms. The lowest BCUT2D eigenvalue weighted by atomic mass is 9.91. The summed E-state index contributed by atoms with van der Waals surface area (Å²) in [6, 6.07) is 10.3. The van der Waals surface area contributed by atoms with Crippen molar-refractivity contribution >= 4 is 29.0 Å². The van der Waals surface area contributed by atoms with Gasteiger partial charge >= 0.3 is 0 Å². The molecule has 12 heteroatoms. The Balaban J connectivity index is 1.03. The first kappa shape index (κ1) is 31.6. The van der Waals surface area contributed by atoms with Crippen LogP contribution in [0.1, 0.15) is 81.2 Å². The van der Waals surface area contributed by atoms with Crippen LogP contribution in [0, 0.1) is 12.8 Å². The predicted molar refractivity (Wildman–Crippen MR) is 179 cm³/mol. The SMILES string of the molecule is Cc1nc(-c2cnc(C(=O)Nc3ccccc3N3CCC4(CC3)OCCO4)[nH]2)cc(N2CC(C(=O)NC3CCCCC3)CCC2C)n1. The molecule has 12 nitrogen and oxygen atoms in total. The number of nitrogens with one attached hydrogen (secondary N) is 3. The molecule has 250 valence electrons. The van der Waals surface area contributed by atoms with Gasteiger partial charge in [-0.25, -0.2) is 15.0 Å². The van der Waals surface area contributed by atoms with Crippen LogP contribution in [-0.2, 0) is 14.3 Å². The van der Waals surface area contributed by atoms with Gasteiger partial charge in [0.1, 0.15) is 11.6 Å². The van der Waals surface area contributed by atoms with E-state index in [4.69, 9.17) is 14.5 Å². The Kier molecular flexibility index (Phi) is 9.13. The van der Waals surface area contributed by atoms with Crippen molar-refractivity contribution in [2.75, 3.05) is 48.0 Å². The van der Waals surface area contributed by atoms with E-state index < -0.39 is 5.79 Å². The van der Waals surface area contributed by atoms with Crippen LogP contribution in [0.2, 0.25) is 0 Å². The number of aryl methyl sites for hydroxylation is 1. The largest absolute Gasteiger partial charge is 0.369 e. The number of benzene rings is 1. The van der Waals surface area contributed by atoms with Gasteiger partial charge in [0.2, 0.25) is 5.91 Å². The number of amides is 2. The van der Waals surface area contributed by atoms with Crippen molar-refractivity contribution in [1.29, 1.82) is 0 Å². The number of anilines is 3. The van der Waals surface area contributed by atoms with E-state index in [1.54, 1.807) is 6.20 Å². The molecule has 5 heterocycles. The van der Waals surface area contributed by atoms with Crippen molar-refractivity contribution < 1.29 is 19.1 Å². The maximum absolute atomic E-state index is 13.4. The topological polar surface area (TPSA) is 138 Å². The van der Waals surface area contributed by atoms with E-state index in [0.717, 1.165) is 68.8 Å².